The molecule has 0 atom stereocenters. The summed E-state index contributed by atoms with van der Waals surface area (Å²) in [7, 11) is 1.49. The van der Waals surface area contributed by atoms with Gasteiger partial charge in [-0.25, -0.2) is 9.37 Å². The highest BCUT2D eigenvalue weighted by Gasteiger charge is 2.33. The van der Waals surface area contributed by atoms with E-state index in [2.05, 4.69) is 26.7 Å². The number of methoxy groups -OCH3 is 1. The van der Waals surface area contributed by atoms with Gasteiger partial charge in [0, 0.05) is 43.5 Å². The number of piperazine rings is 1. The number of amides is 1. The van der Waals surface area contributed by atoms with E-state index in [0.29, 0.717) is 28.4 Å². The minimum Gasteiger partial charge on any atom is -0.496 e. The zero-order chi connectivity index (χ0) is 22.9. The van der Waals surface area contributed by atoms with Crippen LogP contribution in [0.5, 0.6) is 5.75 Å². The van der Waals surface area contributed by atoms with E-state index in [4.69, 9.17) is 4.74 Å². The number of pyridine rings is 2. The second kappa shape index (κ2) is 8.78. The second-order valence-corrected chi connectivity index (χ2v) is 8.19. The zero-order valence-corrected chi connectivity index (χ0v) is 18.8. The molecule has 4 heterocycles. The summed E-state index contributed by atoms with van der Waals surface area (Å²) in [6.45, 7) is 7.51. The summed E-state index contributed by atoms with van der Waals surface area (Å²) in [5.74, 6) is 0.346. The summed E-state index contributed by atoms with van der Waals surface area (Å²) >= 11 is 0. The molecular weight excluding hydrogens is 421 g/mol. The molecule has 3 aromatic rings. The van der Waals surface area contributed by atoms with Gasteiger partial charge >= 0.3 is 0 Å². The lowest BCUT2D eigenvalue weighted by Crippen LogP contribution is -2.46. The van der Waals surface area contributed by atoms with Crippen LogP contribution in [0.1, 0.15) is 22.8 Å². The van der Waals surface area contributed by atoms with Gasteiger partial charge in [0.05, 0.1) is 36.8 Å². The maximum Gasteiger partial charge on any atom is 0.260 e. The quantitative estimate of drug-likeness (QED) is 0.596. The first-order valence-corrected chi connectivity index (χ1v) is 11.2. The topological polar surface area (TPSA) is 61.8 Å². The van der Waals surface area contributed by atoms with Crippen molar-refractivity contribution in [2.45, 2.75) is 13.5 Å². The first-order valence-electron chi connectivity index (χ1n) is 11.2. The predicted molar refractivity (Wildman–Crippen MR) is 125 cm³/mol. The molecule has 0 spiro atoms. The Morgan fingerprint density at radius 2 is 1.88 bits per heavy atom. The number of nitrogens with zero attached hydrogens (tertiary/aromatic N) is 5. The van der Waals surface area contributed by atoms with Crippen molar-refractivity contribution in [2.75, 3.05) is 49.6 Å². The molecule has 0 saturated carbocycles. The van der Waals surface area contributed by atoms with Crippen LogP contribution in [0.2, 0.25) is 0 Å². The van der Waals surface area contributed by atoms with Gasteiger partial charge in [-0.1, -0.05) is 13.0 Å². The molecular formula is C25H26FN5O2. The van der Waals surface area contributed by atoms with E-state index in [1.807, 2.05) is 18.3 Å². The van der Waals surface area contributed by atoms with Gasteiger partial charge in [-0.2, -0.15) is 0 Å². The molecule has 0 N–H and O–H groups in total. The molecule has 33 heavy (non-hydrogen) atoms. The molecule has 1 aromatic carbocycles. The van der Waals surface area contributed by atoms with Crippen LogP contribution >= 0.6 is 0 Å². The summed E-state index contributed by atoms with van der Waals surface area (Å²) in [5, 5.41) is 0. The average molecular weight is 448 g/mol. The van der Waals surface area contributed by atoms with Crippen molar-refractivity contribution in [1.82, 2.24) is 14.9 Å². The summed E-state index contributed by atoms with van der Waals surface area (Å²) in [5.41, 5.74) is 2.92. The number of fused-ring (bicyclic) bond motifs is 1. The van der Waals surface area contributed by atoms with Gasteiger partial charge < -0.3 is 14.5 Å². The summed E-state index contributed by atoms with van der Waals surface area (Å²) in [4.78, 5) is 28.6. The summed E-state index contributed by atoms with van der Waals surface area (Å²) in [6, 6.07) is 10.2. The van der Waals surface area contributed by atoms with Crippen LogP contribution in [0.25, 0.3) is 11.3 Å². The van der Waals surface area contributed by atoms with E-state index in [1.54, 1.807) is 23.1 Å². The Kier molecular flexibility index (Phi) is 5.68. The standard InChI is InChI=1S/C25H26FN5O2/c1-3-29-11-13-30(14-12-29)17-7-8-22(28-15-17)31-16-19-18(25(31)32)9-10-27-24(19)23-20(26)5-4-6-21(23)33-2/h4-10,15H,3,11-14,16H2,1-2H3. The van der Waals surface area contributed by atoms with Crippen molar-refractivity contribution < 1.29 is 13.9 Å². The molecule has 2 aromatic heterocycles. The minimum absolute atomic E-state index is 0.166. The number of ether oxygens (including phenoxy) is 1. The van der Waals surface area contributed by atoms with E-state index in [9.17, 15) is 9.18 Å². The highest BCUT2D eigenvalue weighted by atomic mass is 19.1. The van der Waals surface area contributed by atoms with E-state index >= 15 is 0 Å². The monoisotopic (exact) mass is 447 g/mol. The van der Waals surface area contributed by atoms with Crippen LogP contribution in [0.4, 0.5) is 15.9 Å². The number of carbonyl (C=O) groups excluding carboxylic acids is 1. The Hall–Kier alpha value is -3.52. The maximum atomic E-state index is 14.7. The predicted octanol–water partition coefficient (Wildman–Crippen LogP) is 3.59. The maximum absolute atomic E-state index is 14.7. The molecule has 0 bridgehead atoms. The van der Waals surface area contributed by atoms with Crippen LogP contribution in [0.15, 0.2) is 48.8 Å². The van der Waals surface area contributed by atoms with E-state index in [1.165, 1.54) is 19.4 Å². The Balaban J connectivity index is 1.42. The van der Waals surface area contributed by atoms with Crippen molar-refractivity contribution in [3.05, 3.63) is 65.7 Å². The lowest BCUT2D eigenvalue weighted by molar-refractivity contribution is 0.0996. The van der Waals surface area contributed by atoms with Gasteiger partial charge in [0.15, 0.2) is 0 Å². The Morgan fingerprint density at radius 3 is 2.58 bits per heavy atom. The second-order valence-electron chi connectivity index (χ2n) is 8.19. The molecule has 1 saturated heterocycles. The highest BCUT2D eigenvalue weighted by molar-refractivity contribution is 6.10. The number of carbonyl (C=O) groups is 1. The molecule has 1 fully saturated rings. The average Bonchev–Trinajstić information content (AvgIpc) is 3.21. The van der Waals surface area contributed by atoms with E-state index < -0.39 is 5.82 Å². The van der Waals surface area contributed by atoms with Gasteiger partial charge in [-0.05, 0) is 36.9 Å². The highest BCUT2D eigenvalue weighted by Crippen LogP contribution is 2.38. The van der Waals surface area contributed by atoms with Crippen molar-refractivity contribution in [2.24, 2.45) is 0 Å². The Bertz CT molecular complexity index is 1180. The fraction of sp³-hybridized carbons (Fsp3) is 0.320. The number of aromatic nitrogens is 2. The van der Waals surface area contributed by atoms with Gasteiger partial charge in [0.2, 0.25) is 0 Å². The molecule has 8 heteroatoms. The normalized spacial score (nSPS) is 16.3. The fourth-order valence-corrected chi connectivity index (χ4v) is 4.58. The van der Waals surface area contributed by atoms with Crippen molar-refractivity contribution in [3.8, 4) is 17.0 Å². The summed E-state index contributed by atoms with van der Waals surface area (Å²) in [6.07, 6.45) is 3.36. The molecule has 0 aliphatic carbocycles. The van der Waals surface area contributed by atoms with Crippen LogP contribution in [-0.4, -0.2) is 60.6 Å². The molecule has 5 rings (SSSR count). The largest absolute Gasteiger partial charge is 0.496 e. The van der Waals surface area contributed by atoms with Gasteiger partial charge in [-0.3, -0.25) is 14.7 Å². The molecule has 1 amide bonds. The summed E-state index contributed by atoms with van der Waals surface area (Å²) < 4.78 is 20.1. The Morgan fingerprint density at radius 1 is 1.06 bits per heavy atom. The van der Waals surface area contributed by atoms with Crippen LogP contribution in [0.3, 0.4) is 0 Å². The first kappa shape index (κ1) is 21.3. The molecule has 0 unspecified atom stereocenters. The van der Waals surface area contributed by atoms with Gasteiger partial charge in [0.1, 0.15) is 17.4 Å². The molecule has 7 nitrogen and oxygen atoms in total. The third kappa shape index (κ3) is 3.80. The molecule has 170 valence electrons. The Labute approximate surface area is 192 Å². The third-order valence-electron chi connectivity index (χ3n) is 6.47. The number of hydrogen-bond acceptors (Lipinski definition) is 6. The van der Waals surface area contributed by atoms with Crippen LogP contribution < -0.4 is 14.5 Å². The van der Waals surface area contributed by atoms with Gasteiger partial charge in [0.25, 0.3) is 5.91 Å². The minimum atomic E-state index is -0.438. The lowest BCUT2D eigenvalue weighted by atomic mass is 10.0. The smallest absolute Gasteiger partial charge is 0.260 e. The molecule has 2 aliphatic rings. The van der Waals surface area contributed by atoms with Crippen LogP contribution in [0, 0.1) is 5.82 Å². The van der Waals surface area contributed by atoms with Crippen LogP contribution in [-0.2, 0) is 6.54 Å². The van der Waals surface area contributed by atoms with E-state index in [0.717, 1.165) is 38.4 Å². The first-order chi connectivity index (χ1) is 16.1. The number of halogens is 1. The number of anilines is 2. The van der Waals surface area contributed by atoms with Crippen molar-refractivity contribution in [1.29, 1.82) is 0 Å². The van der Waals surface area contributed by atoms with Crippen molar-refractivity contribution >= 4 is 17.4 Å². The molecule has 0 radical (unpaired) electrons. The van der Waals surface area contributed by atoms with Crippen molar-refractivity contribution in [3.63, 3.8) is 0 Å². The third-order valence-corrected chi connectivity index (χ3v) is 6.47. The van der Waals surface area contributed by atoms with E-state index in [-0.39, 0.29) is 18.0 Å². The number of rotatable bonds is 5. The lowest BCUT2D eigenvalue weighted by Gasteiger charge is -2.35. The number of benzene rings is 1. The number of likely N-dealkylation sites (N-methyl/N-ethyl adjacent to an activating group) is 1. The van der Waals surface area contributed by atoms with Gasteiger partial charge in [-0.15, -0.1) is 0 Å². The SMILES string of the molecule is CCN1CCN(c2ccc(N3Cc4c(ccnc4-c4c(F)cccc4OC)C3=O)nc2)CC1. The fourth-order valence-electron chi connectivity index (χ4n) is 4.58. The number of hydrogen-bond donors (Lipinski definition) is 0. The zero-order valence-electron chi connectivity index (χ0n) is 18.8. The molecule has 2 aliphatic heterocycles.